The van der Waals surface area contributed by atoms with Crippen molar-refractivity contribution in [2.75, 3.05) is 13.1 Å². The highest BCUT2D eigenvalue weighted by Gasteiger charge is 2.09. The van der Waals surface area contributed by atoms with Crippen LogP contribution in [0.1, 0.15) is 19.5 Å². The van der Waals surface area contributed by atoms with Crippen molar-refractivity contribution in [3.05, 3.63) is 23.5 Å². The maximum absolute atomic E-state index is 11.7. The molecule has 0 aliphatic carbocycles. The third-order valence-corrected chi connectivity index (χ3v) is 3.39. The van der Waals surface area contributed by atoms with Crippen molar-refractivity contribution in [1.82, 2.24) is 19.6 Å². The Morgan fingerprint density at radius 3 is 2.94 bits per heavy atom. The van der Waals surface area contributed by atoms with Gasteiger partial charge in [0.05, 0.1) is 12.2 Å². The van der Waals surface area contributed by atoms with Gasteiger partial charge in [0.2, 0.25) is 0 Å². The first-order valence-corrected chi connectivity index (χ1v) is 6.56. The highest BCUT2D eigenvalue weighted by Crippen LogP contribution is 2.11. The van der Waals surface area contributed by atoms with Crippen LogP contribution in [0.2, 0.25) is 0 Å². The van der Waals surface area contributed by atoms with Crippen LogP contribution in [-0.4, -0.2) is 33.4 Å². The Hall–Kier alpha value is -1.56. The predicted molar refractivity (Wildman–Crippen MR) is 68.2 cm³/mol. The van der Waals surface area contributed by atoms with Gasteiger partial charge in [0, 0.05) is 30.9 Å². The lowest BCUT2D eigenvalue weighted by Gasteiger charge is -2.18. The number of hydrogen-bond acceptors (Lipinski definition) is 3. The van der Waals surface area contributed by atoms with Gasteiger partial charge in [0.1, 0.15) is 0 Å². The number of nitrogens with one attached hydrogen (secondary N) is 1. The van der Waals surface area contributed by atoms with E-state index in [1.165, 1.54) is 0 Å². The molecule has 2 heterocycles. The number of urea groups is 1. The molecule has 0 unspecified atom stereocenters. The molecule has 2 aromatic heterocycles. The van der Waals surface area contributed by atoms with Crippen LogP contribution in [-0.2, 0) is 6.54 Å². The van der Waals surface area contributed by atoms with Crippen molar-refractivity contribution >= 4 is 22.3 Å². The maximum atomic E-state index is 11.7. The molecule has 0 spiro atoms. The average Bonchev–Trinajstić information content (AvgIpc) is 2.88. The normalized spacial score (nSPS) is 10.7. The molecule has 0 fully saturated rings. The van der Waals surface area contributed by atoms with Crippen molar-refractivity contribution < 1.29 is 4.79 Å². The molecule has 0 saturated heterocycles. The van der Waals surface area contributed by atoms with E-state index < -0.39 is 0 Å². The van der Waals surface area contributed by atoms with E-state index in [0.29, 0.717) is 6.54 Å². The third kappa shape index (κ3) is 2.58. The van der Waals surface area contributed by atoms with E-state index in [9.17, 15) is 4.79 Å². The fourth-order valence-corrected chi connectivity index (χ4v) is 2.37. The van der Waals surface area contributed by atoms with Gasteiger partial charge in [0.15, 0.2) is 4.96 Å². The zero-order chi connectivity index (χ0) is 12.3. The van der Waals surface area contributed by atoms with E-state index >= 15 is 0 Å². The summed E-state index contributed by atoms with van der Waals surface area (Å²) in [5.74, 6) is 0. The van der Waals surface area contributed by atoms with Crippen molar-refractivity contribution in [3.63, 3.8) is 0 Å². The molecule has 0 aromatic carbocycles. The van der Waals surface area contributed by atoms with E-state index in [-0.39, 0.29) is 6.03 Å². The number of hydrogen-bond donors (Lipinski definition) is 1. The summed E-state index contributed by atoms with van der Waals surface area (Å²) in [6, 6.07) is -0.0358. The number of aromatic nitrogens is 2. The molecular formula is C11H16N4OS. The molecule has 17 heavy (non-hydrogen) atoms. The standard InChI is InChI=1S/C11H16N4OS/c1-3-14(4-2)10(16)12-7-9-8-15-5-6-17-11(15)13-9/h5-6,8H,3-4,7H2,1-2H3,(H,12,16). The molecule has 0 bridgehead atoms. The second-order valence-corrected chi connectivity index (χ2v) is 4.53. The highest BCUT2D eigenvalue weighted by atomic mass is 32.1. The number of carbonyl (C=O) groups is 1. The van der Waals surface area contributed by atoms with E-state index in [1.54, 1.807) is 16.2 Å². The number of imidazole rings is 1. The van der Waals surface area contributed by atoms with Gasteiger partial charge in [-0.3, -0.25) is 4.40 Å². The van der Waals surface area contributed by atoms with Gasteiger partial charge in [-0.25, -0.2) is 9.78 Å². The summed E-state index contributed by atoms with van der Waals surface area (Å²) in [6.45, 7) is 5.86. The molecule has 2 rings (SSSR count). The van der Waals surface area contributed by atoms with Crippen molar-refractivity contribution in [1.29, 1.82) is 0 Å². The maximum Gasteiger partial charge on any atom is 0.317 e. The quantitative estimate of drug-likeness (QED) is 0.904. The lowest BCUT2D eigenvalue weighted by atomic mass is 10.4. The molecule has 6 heteroatoms. The molecular weight excluding hydrogens is 236 g/mol. The van der Waals surface area contributed by atoms with E-state index in [4.69, 9.17) is 0 Å². The minimum absolute atomic E-state index is 0.0358. The second-order valence-electron chi connectivity index (χ2n) is 3.66. The van der Waals surface area contributed by atoms with Gasteiger partial charge >= 0.3 is 6.03 Å². The van der Waals surface area contributed by atoms with Gasteiger partial charge in [-0.05, 0) is 13.8 Å². The number of fused-ring (bicyclic) bond motifs is 1. The molecule has 0 aliphatic heterocycles. The summed E-state index contributed by atoms with van der Waals surface area (Å²) in [6.07, 6.45) is 3.90. The van der Waals surface area contributed by atoms with Crippen LogP contribution >= 0.6 is 11.3 Å². The molecule has 0 atom stereocenters. The van der Waals surface area contributed by atoms with E-state index in [2.05, 4.69) is 10.3 Å². The Kier molecular flexibility index (Phi) is 3.63. The first-order valence-electron chi connectivity index (χ1n) is 5.68. The van der Waals surface area contributed by atoms with Crippen LogP contribution < -0.4 is 5.32 Å². The fraction of sp³-hybridized carbons (Fsp3) is 0.455. The molecule has 1 N–H and O–H groups in total. The highest BCUT2D eigenvalue weighted by molar-refractivity contribution is 7.15. The smallest absolute Gasteiger partial charge is 0.317 e. The Morgan fingerprint density at radius 2 is 2.29 bits per heavy atom. The molecule has 2 amide bonds. The van der Waals surface area contributed by atoms with Crippen LogP contribution in [0, 0.1) is 0 Å². The SMILES string of the molecule is CCN(CC)C(=O)NCc1cn2ccsc2n1. The minimum atomic E-state index is -0.0358. The van der Waals surface area contributed by atoms with E-state index in [0.717, 1.165) is 23.7 Å². The summed E-state index contributed by atoms with van der Waals surface area (Å²) in [7, 11) is 0. The molecule has 0 aliphatic rings. The first kappa shape index (κ1) is 11.9. The topological polar surface area (TPSA) is 49.6 Å². The Balaban J connectivity index is 1.94. The van der Waals surface area contributed by atoms with Crippen molar-refractivity contribution in [2.24, 2.45) is 0 Å². The lowest BCUT2D eigenvalue weighted by molar-refractivity contribution is 0.202. The number of carbonyl (C=O) groups excluding carboxylic acids is 1. The summed E-state index contributed by atoms with van der Waals surface area (Å²) in [5.41, 5.74) is 0.886. The van der Waals surface area contributed by atoms with Crippen LogP contribution in [0.5, 0.6) is 0 Å². The third-order valence-electron chi connectivity index (χ3n) is 2.61. The predicted octanol–water partition coefficient (Wildman–Crippen LogP) is 1.95. The van der Waals surface area contributed by atoms with Gasteiger partial charge in [-0.1, -0.05) is 0 Å². The lowest BCUT2D eigenvalue weighted by Crippen LogP contribution is -2.39. The van der Waals surface area contributed by atoms with E-state index in [1.807, 2.05) is 36.0 Å². The monoisotopic (exact) mass is 252 g/mol. The summed E-state index contributed by atoms with van der Waals surface area (Å²) < 4.78 is 1.96. The average molecular weight is 252 g/mol. The Labute approximate surface area is 104 Å². The largest absolute Gasteiger partial charge is 0.332 e. The molecule has 0 radical (unpaired) electrons. The summed E-state index contributed by atoms with van der Waals surface area (Å²) in [4.78, 5) is 18.8. The van der Waals surface area contributed by atoms with Crippen LogP contribution in [0.3, 0.4) is 0 Å². The van der Waals surface area contributed by atoms with Crippen molar-refractivity contribution in [2.45, 2.75) is 20.4 Å². The van der Waals surface area contributed by atoms with Gasteiger partial charge in [-0.2, -0.15) is 0 Å². The summed E-state index contributed by atoms with van der Waals surface area (Å²) in [5, 5.41) is 4.85. The zero-order valence-corrected chi connectivity index (χ0v) is 10.8. The van der Waals surface area contributed by atoms with Gasteiger partial charge < -0.3 is 10.2 Å². The second kappa shape index (κ2) is 5.18. The van der Waals surface area contributed by atoms with Gasteiger partial charge in [0.25, 0.3) is 0 Å². The number of thiazole rings is 1. The Morgan fingerprint density at radius 1 is 1.53 bits per heavy atom. The van der Waals surface area contributed by atoms with Crippen molar-refractivity contribution in [3.8, 4) is 0 Å². The first-order chi connectivity index (χ1) is 8.24. The van der Waals surface area contributed by atoms with Crippen LogP contribution in [0.4, 0.5) is 4.79 Å². The number of amides is 2. The van der Waals surface area contributed by atoms with Crippen LogP contribution in [0.25, 0.3) is 4.96 Å². The Bertz CT molecular complexity index is 472. The molecule has 0 saturated carbocycles. The number of nitrogens with zero attached hydrogens (tertiary/aromatic N) is 3. The molecule has 92 valence electrons. The minimum Gasteiger partial charge on any atom is -0.332 e. The zero-order valence-electron chi connectivity index (χ0n) is 10.0. The molecule has 5 nitrogen and oxygen atoms in total. The van der Waals surface area contributed by atoms with Gasteiger partial charge in [-0.15, -0.1) is 11.3 Å². The van der Waals surface area contributed by atoms with Crippen LogP contribution in [0.15, 0.2) is 17.8 Å². The number of rotatable bonds is 4. The summed E-state index contributed by atoms with van der Waals surface area (Å²) >= 11 is 1.59. The fourth-order valence-electron chi connectivity index (χ4n) is 1.65. The molecule has 2 aromatic rings.